The van der Waals surface area contributed by atoms with Gasteiger partial charge >= 0.3 is 51.0 Å². The Balaban J connectivity index is -0.000000593. The average Bonchev–Trinajstić information content (AvgIpc) is 2.86. The Morgan fingerprint density at radius 2 is 1.71 bits per heavy atom. The van der Waals surface area contributed by atoms with Gasteiger partial charge in [-0.15, -0.1) is 0 Å². The van der Waals surface area contributed by atoms with Crippen LogP contribution in [0.5, 0.6) is 0 Å². The maximum atomic E-state index is 11.9. The van der Waals surface area contributed by atoms with Gasteiger partial charge in [-0.25, -0.2) is 0 Å². The van der Waals surface area contributed by atoms with E-state index in [9.17, 15) is 14.7 Å². The monoisotopic (exact) mass is 514 g/mol. The van der Waals surface area contributed by atoms with E-state index in [4.69, 9.17) is 23.4 Å². The van der Waals surface area contributed by atoms with Crippen molar-refractivity contribution in [1.82, 2.24) is 0 Å². The molecule has 9 heteroatoms. The molecule has 0 unspecified atom stereocenters. The van der Waals surface area contributed by atoms with Gasteiger partial charge in [-0.2, -0.15) is 0 Å². The summed E-state index contributed by atoms with van der Waals surface area (Å²) < 4.78 is 32.9. The van der Waals surface area contributed by atoms with Crippen LogP contribution >= 0.6 is 0 Å². The third kappa shape index (κ3) is 26.3. The molecule has 2 atom stereocenters. The molecule has 8 nitrogen and oxygen atoms in total. The maximum absolute atomic E-state index is 11.9. The fourth-order valence-corrected chi connectivity index (χ4v) is 2.52. The van der Waals surface area contributed by atoms with Crippen molar-refractivity contribution in [3.63, 3.8) is 0 Å². The molecule has 3 radical (unpaired) electrons. The molecular weight excluding hydrogens is 484 g/mol. The molecule has 0 saturated heterocycles. The molecule has 0 aromatic heterocycles. The molecule has 0 bridgehead atoms. The number of hydrogen-bond donors (Lipinski definition) is 1. The second-order valence-corrected chi connectivity index (χ2v) is 6.44. The number of hydrogen-bond acceptors (Lipinski definition) is 5. The van der Waals surface area contributed by atoms with Gasteiger partial charge in [-0.05, 0) is 31.2 Å². The van der Waals surface area contributed by atoms with Gasteiger partial charge in [0.1, 0.15) is 5.78 Å². The molecule has 0 aliphatic heterocycles. The van der Waals surface area contributed by atoms with Crippen LogP contribution in [0.3, 0.4) is 0 Å². The van der Waals surface area contributed by atoms with Gasteiger partial charge in [0.2, 0.25) is 0 Å². The Kier molecular flexibility index (Phi) is 38.3. The summed E-state index contributed by atoms with van der Waals surface area (Å²) in [6.45, 7) is 17.9. The molecule has 1 N–H and O–H groups in total. The van der Waals surface area contributed by atoms with Crippen molar-refractivity contribution in [2.24, 2.45) is 0 Å². The number of benzene rings is 1. The van der Waals surface area contributed by atoms with Crippen LogP contribution in [0.1, 0.15) is 51.0 Å². The van der Waals surface area contributed by atoms with Crippen LogP contribution in [-0.4, -0.2) is 36.2 Å². The minimum atomic E-state index is -0.738. The third-order valence-corrected chi connectivity index (χ3v) is 4.04. The Bertz CT molecular complexity index is 617. The van der Waals surface area contributed by atoms with E-state index in [1.807, 2.05) is 30.3 Å². The molecule has 0 spiro atoms. The summed E-state index contributed by atoms with van der Waals surface area (Å²) in [5, 5.41) is 9.93. The minimum Gasteiger partial charge on any atom is 2.00 e. The van der Waals surface area contributed by atoms with Crippen molar-refractivity contribution in [1.29, 1.82) is 0 Å². The summed E-state index contributed by atoms with van der Waals surface area (Å²) in [6, 6.07) is 9.79. The van der Waals surface area contributed by atoms with E-state index in [0.717, 1.165) is 24.8 Å². The summed E-state index contributed by atoms with van der Waals surface area (Å²) in [5.74, 6) is -0.177. The first kappa shape index (κ1) is 39.2. The number of rotatable bonds is 17. The molecule has 1 aromatic rings. The van der Waals surface area contributed by atoms with Crippen LogP contribution in [0.2, 0.25) is 0 Å². The van der Waals surface area contributed by atoms with Gasteiger partial charge in [0.15, 0.2) is 0 Å². The van der Waals surface area contributed by atoms with Gasteiger partial charge in [-0.1, -0.05) is 56.6 Å². The van der Waals surface area contributed by atoms with E-state index < -0.39 is 6.10 Å². The molecule has 34 heavy (non-hydrogen) atoms. The second-order valence-electron chi connectivity index (χ2n) is 6.44. The van der Waals surface area contributed by atoms with Crippen LogP contribution in [-0.2, 0) is 56.7 Å². The fourth-order valence-electron chi connectivity index (χ4n) is 2.52. The quantitative estimate of drug-likeness (QED) is 0.147. The number of ketones is 1. The molecule has 185 valence electrons. The van der Waals surface area contributed by atoms with Gasteiger partial charge in [-0.3, -0.25) is 4.79 Å². The van der Waals surface area contributed by atoms with Gasteiger partial charge in [0.05, 0.1) is 18.8 Å². The predicted octanol–water partition coefficient (Wildman–Crippen LogP) is 3.44. The van der Waals surface area contributed by atoms with Crippen LogP contribution in [0.4, 0.5) is 0 Å². The second kappa shape index (κ2) is 33.2. The smallest absolute Gasteiger partial charge is 2.00 e. The van der Waals surface area contributed by atoms with Crippen molar-refractivity contribution in [3.05, 3.63) is 75.1 Å². The largest absolute Gasteiger partial charge is 2.00 e. The number of aliphatic hydroxyl groups excluding tert-OH is 1. The number of carbonyl (C=O) groups excluding carboxylic acids is 2. The molecule has 0 aliphatic rings. The third-order valence-electron chi connectivity index (χ3n) is 4.04. The van der Waals surface area contributed by atoms with E-state index >= 15 is 0 Å². The average molecular weight is 514 g/mol. The topological polar surface area (TPSA) is 133 Å². The summed E-state index contributed by atoms with van der Waals surface area (Å²) in [4.78, 5) is 22.3. The number of carbonyl (C=O) groups is 1. The van der Waals surface area contributed by atoms with E-state index in [2.05, 4.69) is 26.9 Å². The van der Waals surface area contributed by atoms with Gasteiger partial charge < -0.3 is 19.4 Å². The zero-order chi connectivity index (χ0) is 25.7. The number of ether oxygens (including phenoxy) is 2. The number of aliphatic hydroxyl groups is 1. The van der Waals surface area contributed by atoms with Gasteiger partial charge in [0, 0.05) is 25.9 Å². The number of Topliss-reactive ketones (excluding diaryl/α,β-unsaturated/α-hetero) is 1. The Morgan fingerprint density at radius 1 is 1.09 bits per heavy atom. The summed E-state index contributed by atoms with van der Waals surface area (Å²) in [6.07, 6.45) is 7.79. The van der Waals surface area contributed by atoms with Crippen LogP contribution < -0.4 is 0 Å². The van der Waals surface area contributed by atoms with Crippen LogP contribution in [0, 0.1) is 39.2 Å². The summed E-state index contributed by atoms with van der Waals surface area (Å²) in [5.41, 5.74) is 1.07. The summed E-state index contributed by atoms with van der Waals surface area (Å²) >= 11 is 0. The zero-order valence-corrected chi connectivity index (χ0v) is 20.2. The van der Waals surface area contributed by atoms with Gasteiger partial charge in [0.25, 0.3) is 0 Å². The fraction of sp³-hybridized carbons (Fsp3) is 0.440. The van der Waals surface area contributed by atoms with E-state index in [1.54, 1.807) is 12.8 Å². The molecule has 0 amide bonds. The first-order valence-corrected chi connectivity index (χ1v) is 10.1. The Hall–Kier alpha value is -1.98. The maximum Gasteiger partial charge on any atom is 2.00 e. The first-order chi connectivity index (χ1) is 16.2. The normalized spacial score (nSPS) is 10.6. The minimum absolute atomic E-state index is 0. The van der Waals surface area contributed by atoms with Crippen molar-refractivity contribution in [2.75, 3.05) is 6.61 Å². The van der Waals surface area contributed by atoms with Crippen LogP contribution in [0.15, 0.2) is 30.3 Å². The molecule has 0 aliphatic carbocycles. The van der Waals surface area contributed by atoms with Crippen molar-refractivity contribution < 1.29 is 55.2 Å². The standard InChI is InChI=1S/C22H30O5.3CO.Fe/c1-2-3-5-12-22(27-18-23)13-8-11-20(24)16-21(25)14-15-26-17-19-9-6-4-7-10-19;3*1-2;/h4,6-11,13,21-22,25H,2-3,5,12,14-17H2,1H3;;;;/q-1;;;;+2/t21-,22+;;;;/m0..../s1. The van der Waals surface area contributed by atoms with E-state index in [-0.39, 0.29) is 35.4 Å². The SMILES string of the molecule is CCCCC[C@H]([CH][CH][CH]C(=O)C[C@@H](O)CCOCc1ccccc1)O[C-]=O.[C-]#[O+].[C-]#[O+].[C-]#[O+].[Fe+2]. The molecule has 1 rings (SSSR count). The number of unbranched alkanes of at least 4 members (excludes halogenated alkanes) is 2. The molecule has 0 saturated carbocycles. The van der Waals surface area contributed by atoms with Crippen molar-refractivity contribution in [2.45, 2.75) is 64.3 Å². The molecule has 0 heterocycles. The molecule has 0 fully saturated rings. The molecular formula is C25H30FeO8+. The van der Waals surface area contributed by atoms with E-state index in [1.165, 1.54) is 12.9 Å². The summed E-state index contributed by atoms with van der Waals surface area (Å²) in [7, 11) is 0. The predicted molar refractivity (Wildman–Crippen MR) is 116 cm³/mol. The zero-order valence-electron chi connectivity index (χ0n) is 19.1. The van der Waals surface area contributed by atoms with Crippen molar-refractivity contribution >= 4 is 12.3 Å². The Labute approximate surface area is 213 Å². The first-order valence-electron chi connectivity index (χ1n) is 10.1. The van der Waals surface area contributed by atoms with E-state index in [0.29, 0.717) is 26.1 Å². The van der Waals surface area contributed by atoms with Crippen LogP contribution in [0.25, 0.3) is 0 Å². The van der Waals surface area contributed by atoms with Crippen molar-refractivity contribution in [3.8, 4) is 0 Å². The Morgan fingerprint density at radius 3 is 2.26 bits per heavy atom. The molecule has 1 aromatic carbocycles.